The standard InChI is InChI=1S/C12H2F15NO/c13-8(14,15)2-3(9(16,17)18)5(11(22,23)24)7(28-1-29)6(12(25,26)27)4(2)10(19,20)21/h1H,(H,28,29). The zero-order valence-corrected chi connectivity index (χ0v) is 12.7. The fourth-order valence-electron chi connectivity index (χ4n) is 2.37. The molecular weight excluding hydrogens is 459 g/mol. The number of alkyl halides is 15. The Morgan fingerprint density at radius 1 is 0.448 bits per heavy atom. The number of carbonyl (C=O) groups is 1. The minimum absolute atomic E-state index is 0.374. The van der Waals surface area contributed by atoms with Crippen LogP contribution in [-0.4, -0.2) is 6.41 Å². The van der Waals surface area contributed by atoms with Crippen LogP contribution in [0.25, 0.3) is 0 Å². The van der Waals surface area contributed by atoms with Crippen LogP contribution in [0.5, 0.6) is 0 Å². The van der Waals surface area contributed by atoms with Gasteiger partial charge < -0.3 is 5.32 Å². The maximum atomic E-state index is 13.1. The predicted octanol–water partition coefficient (Wildman–Crippen LogP) is 6.35. The van der Waals surface area contributed by atoms with Crippen molar-refractivity contribution in [1.82, 2.24) is 0 Å². The van der Waals surface area contributed by atoms with E-state index >= 15 is 0 Å². The minimum Gasteiger partial charge on any atom is -0.328 e. The SMILES string of the molecule is O=CNc1c(C(F)(F)F)c(C(F)(F)F)c(C(F)(F)F)c(C(F)(F)F)c1C(F)(F)F. The van der Waals surface area contributed by atoms with Gasteiger partial charge in [0.15, 0.2) is 0 Å². The largest absolute Gasteiger partial charge is 0.419 e. The molecule has 1 rings (SSSR count). The van der Waals surface area contributed by atoms with Crippen molar-refractivity contribution in [2.24, 2.45) is 0 Å². The molecule has 0 spiro atoms. The first-order valence-electron chi connectivity index (χ1n) is 6.36. The van der Waals surface area contributed by atoms with Gasteiger partial charge in [0.1, 0.15) is 0 Å². The lowest BCUT2D eigenvalue weighted by atomic mass is 9.87. The first-order valence-corrected chi connectivity index (χ1v) is 6.36. The van der Waals surface area contributed by atoms with E-state index in [0.29, 0.717) is 5.32 Å². The lowest BCUT2D eigenvalue weighted by Gasteiger charge is -2.30. The van der Waals surface area contributed by atoms with Gasteiger partial charge in [0, 0.05) is 0 Å². The topological polar surface area (TPSA) is 29.1 Å². The summed E-state index contributed by atoms with van der Waals surface area (Å²) in [7, 11) is 0. The van der Waals surface area contributed by atoms with E-state index in [1.165, 1.54) is 0 Å². The molecule has 1 N–H and O–H groups in total. The van der Waals surface area contributed by atoms with E-state index in [2.05, 4.69) is 0 Å². The van der Waals surface area contributed by atoms with Crippen molar-refractivity contribution in [3.63, 3.8) is 0 Å². The van der Waals surface area contributed by atoms with E-state index < -0.39 is 70.8 Å². The van der Waals surface area contributed by atoms with Gasteiger partial charge in [-0.1, -0.05) is 0 Å². The molecule has 0 saturated carbocycles. The minimum atomic E-state index is -6.96. The van der Waals surface area contributed by atoms with Gasteiger partial charge in [0.05, 0.1) is 33.5 Å². The van der Waals surface area contributed by atoms with Gasteiger partial charge in [0.25, 0.3) is 0 Å². The Balaban J connectivity index is 4.71. The van der Waals surface area contributed by atoms with Crippen LogP contribution in [0.1, 0.15) is 27.8 Å². The van der Waals surface area contributed by atoms with Crippen LogP contribution < -0.4 is 5.32 Å². The molecule has 0 atom stereocenters. The number of rotatable bonds is 2. The summed E-state index contributed by atoms with van der Waals surface area (Å²) in [5, 5.41) is 0.374. The summed E-state index contributed by atoms with van der Waals surface area (Å²) in [6, 6.07) is 0. The van der Waals surface area contributed by atoms with Gasteiger partial charge >= 0.3 is 30.9 Å². The van der Waals surface area contributed by atoms with E-state index in [9.17, 15) is 70.7 Å². The summed E-state index contributed by atoms with van der Waals surface area (Å²) in [5.41, 5.74) is -23.2. The van der Waals surface area contributed by atoms with E-state index in [1.807, 2.05) is 0 Å². The van der Waals surface area contributed by atoms with Gasteiger partial charge in [-0.15, -0.1) is 0 Å². The van der Waals surface area contributed by atoms with Crippen molar-refractivity contribution in [2.75, 3.05) is 5.32 Å². The third kappa shape index (κ3) is 4.80. The van der Waals surface area contributed by atoms with E-state index in [1.54, 1.807) is 0 Å². The molecular formula is C12H2F15NO. The molecule has 0 aliphatic rings. The molecule has 1 amide bonds. The second-order valence-electron chi connectivity index (χ2n) is 5.00. The zero-order chi connectivity index (χ0) is 23.4. The molecule has 0 aliphatic heterocycles. The molecule has 0 aromatic heterocycles. The lowest BCUT2D eigenvalue weighted by molar-refractivity contribution is -0.188. The number of hydrogen-bond donors (Lipinski definition) is 1. The third-order valence-corrected chi connectivity index (χ3v) is 3.12. The van der Waals surface area contributed by atoms with Gasteiger partial charge in [-0.2, -0.15) is 65.9 Å². The Morgan fingerprint density at radius 2 is 0.655 bits per heavy atom. The quantitative estimate of drug-likeness (QED) is 0.404. The first-order chi connectivity index (χ1) is 12.6. The molecule has 0 aliphatic carbocycles. The van der Waals surface area contributed by atoms with Crippen molar-refractivity contribution in [2.45, 2.75) is 30.9 Å². The smallest absolute Gasteiger partial charge is 0.328 e. The number of benzene rings is 1. The Bertz CT molecular complexity index is 737. The number of anilines is 1. The first kappa shape index (κ1) is 24.7. The number of nitrogens with one attached hydrogen (secondary N) is 1. The highest BCUT2D eigenvalue weighted by Crippen LogP contribution is 2.57. The third-order valence-electron chi connectivity index (χ3n) is 3.12. The van der Waals surface area contributed by atoms with Gasteiger partial charge in [0.2, 0.25) is 6.41 Å². The fourth-order valence-corrected chi connectivity index (χ4v) is 2.37. The van der Waals surface area contributed by atoms with Crippen molar-refractivity contribution < 1.29 is 70.7 Å². The summed E-state index contributed by atoms with van der Waals surface area (Å²) in [5.74, 6) is 0. The molecule has 0 saturated heterocycles. The Labute approximate surface area is 148 Å². The number of carbonyl (C=O) groups excluding carboxylic acids is 1. The van der Waals surface area contributed by atoms with Crippen LogP contribution in [0.4, 0.5) is 71.5 Å². The average Bonchev–Trinajstić information content (AvgIpc) is 2.40. The van der Waals surface area contributed by atoms with E-state index in [-0.39, 0.29) is 0 Å². The summed E-state index contributed by atoms with van der Waals surface area (Å²) in [4.78, 5) is 10.3. The van der Waals surface area contributed by atoms with E-state index in [0.717, 1.165) is 0 Å². The average molecular weight is 461 g/mol. The lowest BCUT2D eigenvalue weighted by Crippen LogP contribution is -2.32. The summed E-state index contributed by atoms with van der Waals surface area (Å²) >= 11 is 0. The molecule has 29 heavy (non-hydrogen) atoms. The highest BCUT2D eigenvalue weighted by molar-refractivity contribution is 5.80. The van der Waals surface area contributed by atoms with Crippen LogP contribution >= 0.6 is 0 Å². The Morgan fingerprint density at radius 3 is 0.828 bits per heavy atom. The molecule has 0 radical (unpaired) electrons. The number of amides is 1. The normalized spacial score (nSPS) is 14.2. The highest BCUT2D eigenvalue weighted by Gasteiger charge is 2.60. The summed E-state index contributed by atoms with van der Waals surface area (Å²) in [6.45, 7) is 0. The second-order valence-corrected chi connectivity index (χ2v) is 5.00. The summed E-state index contributed by atoms with van der Waals surface area (Å²) < 4.78 is 195. The Kier molecular flexibility index (Phi) is 5.84. The molecule has 17 heteroatoms. The molecule has 1 aromatic rings. The molecule has 0 bridgehead atoms. The fraction of sp³-hybridized carbons (Fsp3) is 0.417. The van der Waals surface area contributed by atoms with Crippen LogP contribution in [-0.2, 0) is 35.7 Å². The van der Waals surface area contributed by atoms with Crippen LogP contribution in [0.15, 0.2) is 0 Å². The van der Waals surface area contributed by atoms with Crippen molar-refractivity contribution in [3.8, 4) is 0 Å². The van der Waals surface area contributed by atoms with Crippen molar-refractivity contribution >= 4 is 12.1 Å². The Hall–Kier alpha value is -2.36. The highest BCUT2D eigenvalue weighted by atomic mass is 19.4. The van der Waals surface area contributed by atoms with Crippen molar-refractivity contribution in [1.29, 1.82) is 0 Å². The molecule has 0 fully saturated rings. The van der Waals surface area contributed by atoms with E-state index in [4.69, 9.17) is 0 Å². The monoisotopic (exact) mass is 461 g/mol. The molecule has 0 unspecified atom stereocenters. The number of hydrogen-bond acceptors (Lipinski definition) is 1. The molecule has 2 nitrogen and oxygen atoms in total. The maximum Gasteiger partial charge on any atom is 0.419 e. The number of halogens is 15. The molecule has 1 aromatic carbocycles. The van der Waals surface area contributed by atoms with Gasteiger partial charge in [-0.25, -0.2) is 0 Å². The van der Waals surface area contributed by atoms with Crippen molar-refractivity contribution in [3.05, 3.63) is 27.8 Å². The maximum absolute atomic E-state index is 13.1. The van der Waals surface area contributed by atoms with Crippen LogP contribution in [0.3, 0.4) is 0 Å². The molecule has 166 valence electrons. The van der Waals surface area contributed by atoms with Gasteiger partial charge in [-0.3, -0.25) is 4.79 Å². The molecule has 0 heterocycles. The van der Waals surface area contributed by atoms with Crippen LogP contribution in [0.2, 0.25) is 0 Å². The van der Waals surface area contributed by atoms with Crippen LogP contribution in [0, 0.1) is 0 Å². The zero-order valence-electron chi connectivity index (χ0n) is 12.7. The predicted molar refractivity (Wildman–Crippen MR) is 61.1 cm³/mol. The second kappa shape index (κ2) is 6.86. The summed E-state index contributed by atoms with van der Waals surface area (Å²) in [6.07, 6.45) is -35.2. The van der Waals surface area contributed by atoms with Gasteiger partial charge in [-0.05, 0) is 0 Å².